The Morgan fingerprint density at radius 2 is 1.88 bits per heavy atom. The molecule has 4 heteroatoms. The van der Waals surface area contributed by atoms with E-state index in [2.05, 4.69) is 15.0 Å². The number of pyridine rings is 1. The molecular weight excluding hydrogens is 214 g/mol. The monoisotopic (exact) mass is 229 g/mol. The van der Waals surface area contributed by atoms with E-state index >= 15 is 0 Å². The van der Waals surface area contributed by atoms with Crippen molar-refractivity contribution >= 4 is 0 Å². The molecule has 0 aliphatic rings. The Bertz CT molecular complexity index is 518. The van der Waals surface area contributed by atoms with Gasteiger partial charge < -0.3 is 5.11 Å². The first-order valence-electron chi connectivity index (χ1n) is 5.47. The highest BCUT2D eigenvalue weighted by Crippen LogP contribution is 2.20. The van der Waals surface area contributed by atoms with E-state index in [-0.39, 0.29) is 0 Å². The van der Waals surface area contributed by atoms with E-state index in [0.29, 0.717) is 5.82 Å². The lowest BCUT2D eigenvalue weighted by Crippen LogP contribution is -2.20. The molecule has 1 N–H and O–H groups in total. The van der Waals surface area contributed by atoms with Crippen LogP contribution in [0.4, 0.5) is 0 Å². The Kier molecular flexibility index (Phi) is 2.90. The Hall–Kier alpha value is -1.81. The van der Waals surface area contributed by atoms with Crippen LogP contribution in [0.5, 0.6) is 0 Å². The smallest absolute Gasteiger partial charge is 0.160 e. The predicted molar refractivity (Wildman–Crippen MR) is 65.2 cm³/mol. The minimum atomic E-state index is -1.05. The highest BCUT2D eigenvalue weighted by molar-refractivity contribution is 5.53. The van der Waals surface area contributed by atoms with Crippen LogP contribution in [0.25, 0.3) is 11.4 Å². The largest absolute Gasteiger partial charge is 0.382 e. The zero-order chi connectivity index (χ0) is 12.5. The van der Waals surface area contributed by atoms with Crippen molar-refractivity contribution in [2.45, 2.75) is 26.4 Å². The van der Waals surface area contributed by atoms with Gasteiger partial charge in [-0.3, -0.25) is 4.98 Å². The molecule has 2 heterocycles. The molecule has 0 spiro atoms. The summed E-state index contributed by atoms with van der Waals surface area (Å²) in [4.78, 5) is 12.8. The third kappa shape index (κ3) is 2.65. The number of rotatable bonds is 2. The maximum atomic E-state index is 9.94. The Morgan fingerprint density at radius 1 is 1.12 bits per heavy atom. The Labute approximate surface area is 100 Å². The van der Waals surface area contributed by atoms with E-state index in [4.69, 9.17) is 0 Å². The normalized spacial score (nSPS) is 11.5. The van der Waals surface area contributed by atoms with E-state index in [1.54, 1.807) is 20.0 Å². The van der Waals surface area contributed by atoms with Gasteiger partial charge in [0, 0.05) is 11.9 Å². The van der Waals surface area contributed by atoms with Crippen LogP contribution in [0.3, 0.4) is 0 Å². The summed E-state index contributed by atoms with van der Waals surface area (Å²) >= 11 is 0. The molecule has 4 nitrogen and oxygen atoms in total. The van der Waals surface area contributed by atoms with Crippen LogP contribution in [0.2, 0.25) is 0 Å². The molecule has 2 aromatic heterocycles. The van der Waals surface area contributed by atoms with Gasteiger partial charge >= 0.3 is 0 Å². The van der Waals surface area contributed by atoms with E-state index in [1.165, 1.54) is 0 Å². The number of aryl methyl sites for hydroxylation is 1. The first-order valence-corrected chi connectivity index (χ1v) is 5.47. The topological polar surface area (TPSA) is 58.9 Å². The number of nitrogens with zero attached hydrogens (tertiary/aromatic N) is 3. The summed E-state index contributed by atoms with van der Waals surface area (Å²) in [6.07, 6.45) is 1.72. The molecule has 0 fully saturated rings. The van der Waals surface area contributed by atoms with Crippen molar-refractivity contribution in [3.63, 3.8) is 0 Å². The molecule has 0 aliphatic heterocycles. The minimum Gasteiger partial charge on any atom is -0.382 e. The molecule has 0 aromatic carbocycles. The SMILES string of the molecule is Cc1cc(-c2ccccn2)nc(C(C)(C)O)n1. The van der Waals surface area contributed by atoms with Gasteiger partial charge in [-0.25, -0.2) is 9.97 Å². The maximum absolute atomic E-state index is 9.94. The molecule has 17 heavy (non-hydrogen) atoms. The molecule has 0 bridgehead atoms. The van der Waals surface area contributed by atoms with E-state index < -0.39 is 5.60 Å². The van der Waals surface area contributed by atoms with Crippen LogP contribution in [-0.2, 0) is 5.60 Å². The Morgan fingerprint density at radius 3 is 2.47 bits per heavy atom. The average Bonchev–Trinajstić information content (AvgIpc) is 2.28. The first-order chi connectivity index (χ1) is 7.97. The van der Waals surface area contributed by atoms with Crippen molar-refractivity contribution in [3.8, 4) is 11.4 Å². The van der Waals surface area contributed by atoms with Gasteiger partial charge in [-0.1, -0.05) is 6.07 Å². The van der Waals surface area contributed by atoms with Crippen LogP contribution in [0, 0.1) is 6.92 Å². The van der Waals surface area contributed by atoms with Crippen LogP contribution in [0.15, 0.2) is 30.5 Å². The molecule has 2 rings (SSSR count). The summed E-state index contributed by atoms with van der Waals surface area (Å²) in [6, 6.07) is 7.51. The third-order valence-corrected chi connectivity index (χ3v) is 2.33. The van der Waals surface area contributed by atoms with E-state index in [9.17, 15) is 5.11 Å². The van der Waals surface area contributed by atoms with Crippen LogP contribution < -0.4 is 0 Å². The molecule has 0 saturated carbocycles. The summed E-state index contributed by atoms with van der Waals surface area (Å²) in [5, 5.41) is 9.94. The van der Waals surface area contributed by atoms with Gasteiger partial charge in [-0.05, 0) is 39.0 Å². The van der Waals surface area contributed by atoms with Crippen molar-refractivity contribution in [2.75, 3.05) is 0 Å². The van der Waals surface area contributed by atoms with E-state index in [0.717, 1.165) is 17.1 Å². The second-order valence-corrected chi connectivity index (χ2v) is 4.49. The maximum Gasteiger partial charge on any atom is 0.160 e. The highest BCUT2D eigenvalue weighted by Gasteiger charge is 2.21. The number of hydrogen-bond acceptors (Lipinski definition) is 4. The zero-order valence-electron chi connectivity index (χ0n) is 10.2. The summed E-state index contributed by atoms with van der Waals surface area (Å²) in [5.41, 5.74) is 1.28. The van der Waals surface area contributed by atoms with Crippen molar-refractivity contribution in [1.29, 1.82) is 0 Å². The fourth-order valence-corrected chi connectivity index (χ4v) is 1.49. The predicted octanol–water partition coefficient (Wildman–Crippen LogP) is 2.07. The molecule has 0 unspecified atom stereocenters. The summed E-state index contributed by atoms with van der Waals surface area (Å²) < 4.78 is 0. The van der Waals surface area contributed by atoms with Gasteiger partial charge in [0.15, 0.2) is 5.82 Å². The standard InChI is InChI=1S/C13H15N3O/c1-9-8-11(10-6-4-5-7-14-10)16-12(15-9)13(2,3)17/h4-8,17H,1-3H3. The fraction of sp³-hybridized carbons (Fsp3) is 0.308. The zero-order valence-corrected chi connectivity index (χ0v) is 10.2. The van der Waals surface area contributed by atoms with Gasteiger partial charge in [0.05, 0.1) is 11.4 Å². The van der Waals surface area contributed by atoms with Crippen molar-refractivity contribution < 1.29 is 5.11 Å². The lowest BCUT2D eigenvalue weighted by molar-refractivity contribution is 0.0686. The minimum absolute atomic E-state index is 0.415. The number of hydrogen-bond donors (Lipinski definition) is 1. The van der Waals surface area contributed by atoms with Crippen molar-refractivity contribution in [1.82, 2.24) is 15.0 Å². The van der Waals surface area contributed by atoms with Gasteiger partial charge in [0.1, 0.15) is 5.60 Å². The van der Waals surface area contributed by atoms with Gasteiger partial charge in [0.25, 0.3) is 0 Å². The third-order valence-electron chi connectivity index (χ3n) is 2.33. The molecule has 0 radical (unpaired) electrons. The lowest BCUT2D eigenvalue weighted by atomic mass is 10.1. The van der Waals surface area contributed by atoms with Crippen LogP contribution in [-0.4, -0.2) is 20.1 Å². The second kappa shape index (κ2) is 4.22. The summed E-state index contributed by atoms with van der Waals surface area (Å²) in [6.45, 7) is 5.22. The van der Waals surface area contributed by atoms with Crippen LogP contribution in [0.1, 0.15) is 25.4 Å². The van der Waals surface area contributed by atoms with Crippen LogP contribution >= 0.6 is 0 Å². The summed E-state index contributed by atoms with van der Waals surface area (Å²) in [7, 11) is 0. The number of aromatic nitrogens is 3. The highest BCUT2D eigenvalue weighted by atomic mass is 16.3. The molecular formula is C13H15N3O. The average molecular weight is 229 g/mol. The molecule has 0 aliphatic carbocycles. The first kappa shape index (κ1) is 11.7. The molecule has 88 valence electrons. The van der Waals surface area contributed by atoms with E-state index in [1.807, 2.05) is 31.2 Å². The quantitative estimate of drug-likeness (QED) is 0.856. The van der Waals surface area contributed by atoms with Gasteiger partial charge in [0.2, 0.25) is 0 Å². The molecule has 2 aromatic rings. The molecule has 0 atom stereocenters. The van der Waals surface area contributed by atoms with Gasteiger partial charge in [-0.15, -0.1) is 0 Å². The van der Waals surface area contributed by atoms with Gasteiger partial charge in [-0.2, -0.15) is 0 Å². The molecule has 0 amide bonds. The second-order valence-electron chi connectivity index (χ2n) is 4.49. The fourth-order valence-electron chi connectivity index (χ4n) is 1.49. The van der Waals surface area contributed by atoms with Crippen molar-refractivity contribution in [3.05, 3.63) is 42.0 Å². The summed E-state index contributed by atoms with van der Waals surface area (Å²) in [5.74, 6) is 0.415. The number of aliphatic hydroxyl groups is 1. The molecule has 0 saturated heterocycles. The lowest BCUT2D eigenvalue weighted by Gasteiger charge is -2.16. The van der Waals surface area contributed by atoms with Crippen molar-refractivity contribution in [2.24, 2.45) is 0 Å². The Balaban J connectivity index is 2.54.